The van der Waals surface area contributed by atoms with Gasteiger partial charge in [-0.15, -0.1) is 0 Å². The Morgan fingerprint density at radius 3 is 2.49 bits per heavy atom. The van der Waals surface area contributed by atoms with Gasteiger partial charge in [0.25, 0.3) is 5.91 Å². The zero-order valence-electron chi connectivity index (χ0n) is 19.3. The minimum absolute atomic E-state index is 0.146. The van der Waals surface area contributed by atoms with Crippen molar-refractivity contribution in [3.63, 3.8) is 0 Å². The molecule has 0 aliphatic carbocycles. The highest BCUT2D eigenvalue weighted by molar-refractivity contribution is 7.89. The summed E-state index contributed by atoms with van der Waals surface area (Å²) in [7, 11) is -3.60. The lowest BCUT2D eigenvalue weighted by molar-refractivity contribution is 0.102. The van der Waals surface area contributed by atoms with Gasteiger partial charge >= 0.3 is 0 Å². The smallest absolute Gasteiger partial charge is 0.256 e. The first kappa shape index (κ1) is 23.3. The maximum Gasteiger partial charge on any atom is 0.256 e. The summed E-state index contributed by atoms with van der Waals surface area (Å²) in [4.78, 5) is 17.8. The van der Waals surface area contributed by atoms with Gasteiger partial charge in [-0.25, -0.2) is 13.4 Å². The number of anilines is 1. The summed E-state index contributed by atoms with van der Waals surface area (Å²) in [5.74, 6) is 1.38. The van der Waals surface area contributed by atoms with Crippen molar-refractivity contribution in [3.8, 4) is 16.6 Å². The minimum Gasteiger partial charge on any atom is -0.454 e. The number of aryl methyl sites for hydroxylation is 1. The van der Waals surface area contributed by atoms with E-state index in [2.05, 4.69) is 15.4 Å². The number of ether oxygens (including phenoxy) is 2. The average molecular weight is 514 g/mol. The number of hydrogen-bond acceptors (Lipinski definition) is 8. The Morgan fingerprint density at radius 2 is 1.80 bits per heavy atom. The van der Waals surface area contributed by atoms with Gasteiger partial charge in [0.2, 0.25) is 21.9 Å². The first-order valence-electron chi connectivity index (χ1n) is 11.0. The molecular formula is C23H23N5O5S2. The molecule has 1 N–H and O–H groups in total. The number of nitrogens with zero attached hydrogens (tertiary/aromatic N) is 4. The van der Waals surface area contributed by atoms with E-state index in [0.29, 0.717) is 46.8 Å². The molecular weight excluding hydrogens is 490 g/mol. The van der Waals surface area contributed by atoms with Crippen LogP contribution in [0.1, 0.15) is 29.9 Å². The van der Waals surface area contributed by atoms with Gasteiger partial charge in [-0.2, -0.15) is 14.1 Å². The molecule has 4 aromatic rings. The van der Waals surface area contributed by atoms with Crippen LogP contribution in [0.4, 0.5) is 5.82 Å². The van der Waals surface area contributed by atoms with Crippen molar-refractivity contribution in [2.75, 3.05) is 25.2 Å². The van der Waals surface area contributed by atoms with E-state index in [0.717, 1.165) is 10.2 Å². The van der Waals surface area contributed by atoms with Crippen LogP contribution in [0.5, 0.6) is 11.5 Å². The molecule has 2 aromatic carbocycles. The van der Waals surface area contributed by atoms with Gasteiger partial charge in [-0.1, -0.05) is 25.2 Å². The van der Waals surface area contributed by atoms with Crippen LogP contribution in [-0.4, -0.2) is 53.3 Å². The van der Waals surface area contributed by atoms with Crippen LogP contribution in [0.15, 0.2) is 47.4 Å². The van der Waals surface area contributed by atoms with Gasteiger partial charge in [0.05, 0.1) is 20.8 Å². The number of sulfonamides is 1. The van der Waals surface area contributed by atoms with Crippen molar-refractivity contribution < 1.29 is 22.7 Å². The van der Waals surface area contributed by atoms with E-state index in [4.69, 9.17) is 9.47 Å². The van der Waals surface area contributed by atoms with Crippen LogP contribution in [0.3, 0.4) is 0 Å². The van der Waals surface area contributed by atoms with Crippen molar-refractivity contribution >= 4 is 43.3 Å². The number of hydrogen-bond donors (Lipinski definition) is 1. The molecule has 1 aliphatic heterocycles. The van der Waals surface area contributed by atoms with Gasteiger partial charge in [-0.3, -0.25) is 4.79 Å². The molecule has 0 spiro atoms. The number of carbonyl (C=O) groups is 1. The van der Waals surface area contributed by atoms with Crippen molar-refractivity contribution in [2.24, 2.45) is 0 Å². The third-order valence-electron chi connectivity index (χ3n) is 5.59. The van der Waals surface area contributed by atoms with Crippen LogP contribution in [0.25, 0.3) is 15.3 Å². The molecule has 0 radical (unpaired) electrons. The molecule has 10 nitrogen and oxygen atoms in total. The van der Waals surface area contributed by atoms with Gasteiger partial charge in [-0.05, 0) is 31.2 Å². The van der Waals surface area contributed by atoms with Gasteiger partial charge in [0.1, 0.15) is 5.82 Å². The molecule has 0 saturated carbocycles. The van der Waals surface area contributed by atoms with Crippen LogP contribution >= 0.6 is 11.3 Å². The summed E-state index contributed by atoms with van der Waals surface area (Å²) in [6, 6.07) is 11.3. The first-order chi connectivity index (χ1) is 16.8. The molecule has 2 aromatic heterocycles. The number of fused-ring (bicyclic) bond motifs is 2. The Bertz CT molecular complexity index is 1480. The molecule has 1 aliphatic rings. The second kappa shape index (κ2) is 8.95. The lowest BCUT2D eigenvalue weighted by atomic mass is 10.2. The Balaban J connectivity index is 1.40. The Morgan fingerprint density at radius 1 is 1.11 bits per heavy atom. The van der Waals surface area contributed by atoms with Gasteiger partial charge in [0, 0.05) is 36.9 Å². The minimum atomic E-state index is -3.60. The number of nitrogens with one attached hydrogen (secondary N) is 1. The van der Waals surface area contributed by atoms with E-state index >= 15 is 0 Å². The summed E-state index contributed by atoms with van der Waals surface area (Å²) in [6.45, 7) is 6.33. The van der Waals surface area contributed by atoms with E-state index < -0.39 is 10.0 Å². The Kier molecular flexibility index (Phi) is 5.95. The highest BCUT2D eigenvalue weighted by Crippen LogP contribution is 2.39. The van der Waals surface area contributed by atoms with Crippen molar-refractivity contribution in [1.29, 1.82) is 0 Å². The lowest BCUT2D eigenvalue weighted by Crippen LogP contribution is -2.30. The molecule has 0 fully saturated rings. The van der Waals surface area contributed by atoms with Crippen molar-refractivity contribution in [1.82, 2.24) is 19.1 Å². The normalized spacial score (nSPS) is 13.0. The molecule has 12 heteroatoms. The predicted octanol–water partition coefficient (Wildman–Crippen LogP) is 3.80. The second-order valence-electron chi connectivity index (χ2n) is 7.82. The average Bonchev–Trinajstić information content (AvgIpc) is 3.55. The first-order valence-corrected chi connectivity index (χ1v) is 13.2. The molecule has 0 unspecified atom stereocenters. The van der Waals surface area contributed by atoms with Gasteiger partial charge in [0.15, 0.2) is 11.5 Å². The maximum atomic E-state index is 13.0. The summed E-state index contributed by atoms with van der Waals surface area (Å²) in [5, 5.41) is 7.92. The third kappa shape index (κ3) is 4.24. The molecule has 35 heavy (non-hydrogen) atoms. The Labute approximate surface area is 206 Å². The fourth-order valence-corrected chi connectivity index (χ4v) is 6.21. The number of aromatic nitrogens is 3. The van der Waals surface area contributed by atoms with Crippen molar-refractivity contribution in [3.05, 3.63) is 53.7 Å². The van der Waals surface area contributed by atoms with Crippen molar-refractivity contribution in [2.45, 2.75) is 25.7 Å². The monoisotopic (exact) mass is 513 g/mol. The molecule has 0 bridgehead atoms. The van der Waals surface area contributed by atoms with E-state index in [1.807, 2.05) is 19.1 Å². The summed E-state index contributed by atoms with van der Waals surface area (Å²) >= 11 is 1.41. The molecule has 0 atom stereocenters. The molecule has 0 saturated heterocycles. The summed E-state index contributed by atoms with van der Waals surface area (Å²) < 4.78 is 40.1. The van der Waals surface area contributed by atoms with E-state index in [9.17, 15) is 13.2 Å². The fraction of sp³-hybridized carbons (Fsp3) is 0.261. The molecule has 3 heterocycles. The van der Waals surface area contributed by atoms with E-state index in [-0.39, 0.29) is 17.6 Å². The standard InChI is InChI=1S/C23H23N5O5S2/c1-4-27(5-2)35(30,31)16-8-6-15(7-9-16)22(29)25-21-10-14(3)26-28(21)23-24-17-11-18-19(33-13-32-18)12-20(17)34-23/h6-12H,4-5,13H2,1-3H3,(H,25,29). The number of amides is 1. The Hall–Kier alpha value is -3.48. The highest BCUT2D eigenvalue weighted by atomic mass is 32.2. The fourth-order valence-electron chi connectivity index (χ4n) is 3.81. The van der Waals surface area contributed by atoms with Crippen LogP contribution in [-0.2, 0) is 10.0 Å². The lowest BCUT2D eigenvalue weighted by Gasteiger charge is -2.18. The third-order valence-corrected chi connectivity index (χ3v) is 8.64. The SMILES string of the molecule is CCN(CC)S(=O)(=O)c1ccc(C(=O)Nc2cc(C)nn2-c2nc3cc4c(cc3s2)OCO4)cc1. The van der Waals surface area contributed by atoms with Crippen LogP contribution < -0.4 is 14.8 Å². The molecule has 1 amide bonds. The predicted molar refractivity (Wildman–Crippen MR) is 132 cm³/mol. The topological polar surface area (TPSA) is 116 Å². The number of carbonyl (C=O) groups excluding carboxylic acids is 1. The van der Waals surface area contributed by atoms with E-state index in [1.54, 1.807) is 24.6 Å². The highest BCUT2D eigenvalue weighted by Gasteiger charge is 2.23. The second-order valence-corrected chi connectivity index (χ2v) is 10.8. The maximum absolute atomic E-state index is 13.0. The zero-order chi connectivity index (χ0) is 24.7. The number of benzene rings is 2. The summed E-state index contributed by atoms with van der Waals surface area (Å²) in [6.07, 6.45) is 0. The molecule has 182 valence electrons. The van der Waals surface area contributed by atoms with Gasteiger partial charge < -0.3 is 14.8 Å². The summed E-state index contributed by atoms with van der Waals surface area (Å²) in [5.41, 5.74) is 1.77. The largest absolute Gasteiger partial charge is 0.454 e. The zero-order valence-corrected chi connectivity index (χ0v) is 20.9. The van der Waals surface area contributed by atoms with E-state index in [1.165, 1.54) is 39.9 Å². The molecule has 5 rings (SSSR count). The quantitative estimate of drug-likeness (QED) is 0.400. The van der Waals surface area contributed by atoms with Crippen LogP contribution in [0.2, 0.25) is 0 Å². The number of rotatable bonds is 7. The van der Waals surface area contributed by atoms with Crippen LogP contribution in [0, 0.1) is 6.92 Å². The number of thiazole rings is 1.